The number of benzene rings is 1. The van der Waals surface area contributed by atoms with E-state index in [4.69, 9.17) is 11.6 Å². The van der Waals surface area contributed by atoms with Crippen LogP contribution in [0.5, 0.6) is 0 Å². The predicted octanol–water partition coefficient (Wildman–Crippen LogP) is 3.17. The van der Waals surface area contributed by atoms with Gasteiger partial charge in [0.25, 0.3) is 5.91 Å². The zero-order valence-corrected chi connectivity index (χ0v) is 13.7. The average molecular weight is 358 g/mol. The number of fused-ring (bicyclic) bond motifs is 1. The van der Waals surface area contributed by atoms with Crippen molar-refractivity contribution in [3.8, 4) is 0 Å². The molecule has 3 rings (SSSR count). The van der Waals surface area contributed by atoms with E-state index < -0.39 is 0 Å². The molecule has 2 fully saturated rings. The highest BCUT2D eigenvalue weighted by molar-refractivity contribution is 9.10. The van der Waals surface area contributed by atoms with E-state index in [2.05, 4.69) is 33.1 Å². The van der Waals surface area contributed by atoms with Crippen LogP contribution >= 0.6 is 27.5 Å². The Balaban J connectivity index is 1.84. The first-order valence-electron chi connectivity index (χ1n) is 7.08. The number of rotatable bonds is 2. The summed E-state index contributed by atoms with van der Waals surface area (Å²) in [6, 6.07) is 5.77. The number of nitrogens with one attached hydrogen (secondary N) is 1. The maximum Gasteiger partial charge on any atom is 0.254 e. The zero-order valence-electron chi connectivity index (χ0n) is 11.4. The normalized spacial score (nSPS) is 28.8. The lowest BCUT2D eigenvalue weighted by atomic mass is 9.93. The quantitative estimate of drug-likeness (QED) is 0.882. The van der Waals surface area contributed by atoms with Gasteiger partial charge in [-0.3, -0.25) is 4.79 Å². The molecular weight excluding hydrogens is 340 g/mol. The van der Waals surface area contributed by atoms with Crippen molar-refractivity contribution in [2.45, 2.75) is 19.4 Å². The first-order chi connectivity index (χ1) is 9.61. The summed E-state index contributed by atoms with van der Waals surface area (Å²) >= 11 is 9.39. The lowest BCUT2D eigenvalue weighted by Crippen LogP contribution is -2.39. The molecule has 0 saturated carbocycles. The number of amides is 1. The first-order valence-corrected chi connectivity index (χ1v) is 8.25. The molecule has 3 unspecified atom stereocenters. The molecule has 2 aliphatic rings. The standard InChI is InChI=1S/C15H18BrClN2O/c1-2-14-11-7-18-6-10(11)8-19(14)15(20)9-3-4-13(17)12(16)5-9/h3-5,10-11,14,18H,2,6-8H2,1H3. The van der Waals surface area contributed by atoms with Crippen LogP contribution in [-0.4, -0.2) is 36.5 Å². The average Bonchev–Trinajstić information content (AvgIpc) is 3.01. The monoisotopic (exact) mass is 356 g/mol. The van der Waals surface area contributed by atoms with E-state index in [-0.39, 0.29) is 5.91 Å². The van der Waals surface area contributed by atoms with Gasteiger partial charge in [0.2, 0.25) is 0 Å². The third kappa shape index (κ3) is 2.38. The van der Waals surface area contributed by atoms with Crippen LogP contribution in [0.1, 0.15) is 23.7 Å². The second-order valence-electron chi connectivity index (χ2n) is 5.64. The van der Waals surface area contributed by atoms with Crippen LogP contribution in [0.25, 0.3) is 0 Å². The molecular formula is C15H18BrClN2O. The zero-order chi connectivity index (χ0) is 14.3. The van der Waals surface area contributed by atoms with Crippen molar-refractivity contribution in [1.82, 2.24) is 10.2 Å². The van der Waals surface area contributed by atoms with Crippen molar-refractivity contribution in [2.24, 2.45) is 11.8 Å². The summed E-state index contributed by atoms with van der Waals surface area (Å²) in [6.07, 6.45) is 1.02. The molecule has 20 heavy (non-hydrogen) atoms. The smallest absolute Gasteiger partial charge is 0.254 e. The maximum atomic E-state index is 12.8. The van der Waals surface area contributed by atoms with Gasteiger partial charge in [0.05, 0.1) is 5.02 Å². The Morgan fingerprint density at radius 1 is 1.50 bits per heavy atom. The van der Waals surface area contributed by atoms with Crippen LogP contribution in [-0.2, 0) is 0 Å². The molecule has 0 spiro atoms. The van der Waals surface area contributed by atoms with E-state index >= 15 is 0 Å². The van der Waals surface area contributed by atoms with Gasteiger partial charge in [-0.15, -0.1) is 0 Å². The maximum absolute atomic E-state index is 12.8. The molecule has 2 heterocycles. The summed E-state index contributed by atoms with van der Waals surface area (Å²) < 4.78 is 0.777. The summed E-state index contributed by atoms with van der Waals surface area (Å²) in [7, 11) is 0. The fourth-order valence-electron chi connectivity index (χ4n) is 3.57. The number of halogens is 2. The van der Waals surface area contributed by atoms with Crippen molar-refractivity contribution in [1.29, 1.82) is 0 Å². The van der Waals surface area contributed by atoms with E-state index in [0.717, 1.165) is 30.5 Å². The summed E-state index contributed by atoms with van der Waals surface area (Å²) in [5, 5.41) is 4.08. The predicted molar refractivity (Wildman–Crippen MR) is 84.1 cm³/mol. The van der Waals surface area contributed by atoms with Gasteiger partial charge in [0.15, 0.2) is 0 Å². The van der Waals surface area contributed by atoms with Gasteiger partial charge in [-0.1, -0.05) is 18.5 Å². The highest BCUT2D eigenvalue weighted by Crippen LogP contribution is 2.35. The highest BCUT2D eigenvalue weighted by Gasteiger charge is 2.45. The second kappa shape index (κ2) is 5.66. The van der Waals surface area contributed by atoms with Crippen molar-refractivity contribution in [3.05, 3.63) is 33.3 Å². The molecule has 5 heteroatoms. The Morgan fingerprint density at radius 3 is 3.00 bits per heavy atom. The van der Waals surface area contributed by atoms with Crippen LogP contribution in [0.2, 0.25) is 5.02 Å². The molecule has 1 aromatic carbocycles. The van der Waals surface area contributed by atoms with Gasteiger partial charge in [0, 0.05) is 35.7 Å². The number of nitrogens with zero attached hydrogens (tertiary/aromatic N) is 1. The molecule has 1 amide bonds. The van der Waals surface area contributed by atoms with Crippen LogP contribution in [0, 0.1) is 11.8 Å². The molecule has 0 aromatic heterocycles. The summed E-state index contributed by atoms with van der Waals surface area (Å²) in [4.78, 5) is 14.8. The molecule has 3 nitrogen and oxygen atoms in total. The van der Waals surface area contributed by atoms with Gasteiger partial charge in [0.1, 0.15) is 0 Å². The summed E-state index contributed by atoms with van der Waals surface area (Å²) in [5.41, 5.74) is 0.715. The van der Waals surface area contributed by atoms with Gasteiger partial charge < -0.3 is 10.2 Å². The fraction of sp³-hybridized carbons (Fsp3) is 0.533. The molecule has 1 N–H and O–H groups in total. The van der Waals surface area contributed by atoms with Gasteiger partial charge in [-0.25, -0.2) is 0 Å². The minimum absolute atomic E-state index is 0.128. The van der Waals surface area contributed by atoms with Crippen LogP contribution in [0.3, 0.4) is 0 Å². The number of carbonyl (C=O) groups excluding carboxylic acids is 1. The molecule has 1 aromatic rings. The summed E-state index contributed by atoms with van der Waals surface area (Å²) in [6.45, 7) is 5.12. The van der Waals surface area contributed by atoms with Crippen LogP contribution < -0.4 is 5.32 Å². The molecule has 108 valence electrons. The van der Waals surface area contributed by atoms with Crippen molar-refractivity contribution >= 4 is 33.4 Å². The van der Waals surface area contributed by atoms with Crippen molar-refractivity contribution in [3.63, 3.8) is 0 Å². The van der Waals surface area contributed by atoms with E-state index in [1.165, 1.54) is 0 Å². The molecule has 0 aliphatic carbocycles. The molecule has 2 saturated heterocycles. The second-order valence-corrected chi connectivity index (χ2v) is 6.91. The summed E-state index contributed by atoms with van der Waals surface area (Å²) in [5.74, 6) is 1.35. The Morgan fingerprint density at radius 2 is 2.30 bits per heavy atom. The first kappa shape index (κ1) is 14.4. The lowest BCUT2D eigenvalue weighted by molar-refractivity contribution is 0.0711. The Hall–Kier alpha value is -0.580. The van der Waals surface area contributed by atoms with Gasteiger partial charge in [-0.2, -0.15) is 0 Å². The van der Waals surface area contributed by atoms with Crippen molar-refractivity contribution in [2.75, 3.05) is 19.6 Å². The Labute approximate surface area is 132 Å². The lowest BCUT2D eigenvalue weighted by Gasteiger charge is -2.27. The Bertz CT molecular complexity index is 537. The van der Waals surface area contributed by atoms with E-state index in [0.29, 0.717) is 28.5 Å². The van der Waals surface area contributed by atoms with Crippen LogP contribution in [0.4, 0.5) is 0 Å². The minimum Gasteiger partial charge on any atom is -0.335 e. The number of hydrogen-bond donors (Lipinski definition) is 1. The van der Waals surface area contributed by atoms with E-state index in [1.54, 1.807) is 6.07 Å². The van der Waals surface area contributed by atoms with E-state index in [9.17, 15) is 4.79 Å². The fourth-order valence-corrected chi connectivity index (χ4v) is 4.07. The molecule has 0 radical (unpaired) electrons. The molecule has 2 aliphatic heterocycles. The number of hydrogen-bond acceptors (Lipinski definition) is 2. The SMILES string of the molecule is CCC1C2CNCC2CN1C(=O)c1ccc(Cl)c(Br)c1. The van der Waals surface area contributed by atoms with Crippen LogP contribution in [0.15, 0.2) is 22.7 Å². The van der Waals surface area contributed by atoms with Crippen molar-refractivity contribution < 1.29 is 4.79 Å². The third-order valence-corrected chi connectivity index (χ3v) is 5.78. The van der Waals surface area contributed by atoms with Gasteiger partial charge >= 0.3 is 0 Å². The topological polar surface area (TPSA) is 32.3 Å². The molecule has 3 atom stereocenters. The highest BCUT2D eigenvalue weighted by atomic mass is 79.9. The largest absolute Gasteiger partial charge is 0.335 e. The third-order valence-electron chi connectivity index (χ3n) is 4.56. The van der Waals surface area contributed by atoms with E-state index in [1.807, 2.05) is 12.1 Å². The number of likely N-dealkylation sites (tertiary alicyclic amines) is 1. The number of carbonyl (C=O) groups is 1. The Kier molecular flexibility index (Phi) is 4.07. The van der Waals surface area contributed by atoms with Gasteiger partial charge in [-0.05, 0) is 52.4 Å². The minimum atomic E-state index is 0.128. The molecule has 0 bridgehead atoms.